The Bertz CT molecular complexity index is 970. The van der Waals surface area contributed by atoms with Crippen LogP contribution < -0.4 is 4.74 Å². The van der Waals surface area contributed by atoms with Crippen molar-refractivity contribution in [3.05, 3.63) is 88.4 Å². The Morgan fingerprint density at radius 3 is 2.14 bits per heavy atom. The molecule has 3 aromatic rings. The van der Waals surface area contributed by atoms with E-state index in [-0.39, 0.29) is 24.0 Å². The minimum absolute atomic E-state index is 0.287. The summed E-state index contributed by atoms with van der Waals surface area (Å²) in [5.41, 5.74) is 2.53. The number of rotatable bonds is 7. The van der Waals surface area contributed by atoms with E-state index in [1.165, 1.54) is 6.07 Å². The summed E-state index contributed by atoms with van der Waals surface area (Å²) in [5.74, 6) is -0.649. The van der Waals surface area contributed by atoms with E-state index in [2.05, 4.69) is 0 Å². The third-order valence-corrected chi connectivity index (χ3v) is 4.45. The van der Waals surface area contributed by atoms with Gasteiger partial charge in [-0.15, -0.1) is 0 Å². The molecule has 28 heavy (non-hydrogen) atoms. The third kappa shape index (κ3) is 5.35. The molecule has 3 rings (SSSR count). The van der Waals surface area contributed by atoms with E-state index in [1.54, 1.807) is 24.3 Å². The fourth-order valence-electron chi connectivity index (χ4n) is 2.48. The van der Waals surface area contributed by atoms with Crippen LogP contribution in [0.15, 0.2) is 72.8 Å². The Morgan fingerprint density at radius 1 is 0.786 bits per heavy atom. The van der Waals surface area contributed by atoms with Crippen molar-refractivity contribution in [3.8, 4) is 16.9 Å². The smallest absolute Gasteiger partial charge is 0.344 e. The number of hydrogen-bond acceptors (Lipinski definition) is 4. The van der Waals surface area contributed by atoms with Gasteiger partial charge in [-0.05, 0) is 29.3 Å². The van der Waals surface area contributed by atoms with Gasteiger partial charge in [0.05, 0.1) is 5.02 Å². The fraction of sp³-hybridized carbons (Fsp3) is 0.0909. The summed E-state index contributed by atoms with van der Waals surface area (Å²) in [6.45, 7) is -0.719. The molecule has 0 saturated carbocycles. The lowest BCUT2D eigenvalue weighted by molar-refractivity contribution is -0.144. The quantitative estimate of drug-likeness (QED) is 0.380. The van der Waals surface area contributed by atoms with Gasteiger partial charge < -0.3 is 9.47 Å². The standard InChI is InChI=1S/C22H16Cl2O4/c23-18-10-11-21(19(24)12-18)27-14-22(26)28-13-20(25)17-8-6-16(7-9-17)15-4-2-1-3-5-15/h1-12H,13-14H2. The molecule has 0 N–H and O–H groups in total. The van der Waals surface area contributed by atoms with E-state index in [4.69, 9.17) is 32.7 Å². The van der Waals surface area contributed by atoms with Gasteiger partial charge in [-0.1, -0.05) is 77.8 Å². The van der Waals surface area contributed by atoms with Crippen molar-refractivity contribution in [1.82, 2.24) is 0 Å². The number of halogens is 2. The van der Waals surface area contributed by atoms with E-state index >= 15 is 0 Å². The molecule has 3 aromatic carbocycles. The molecule has 0 saturated heterocycles. The molecular weight excluding hydrogens is 399 g/mol. The van der Waals surface area contributed by atoms with Crippen molar-refractivity contribution in [2.24, 2.45) is 0 Å². The minimum Gasteiger partial charge on any atom is -0.480 e. The van der Waals surface area contributed by atoms with Crippen molar-refractivity contribution in [2.45, 2.75) is 0 Å². The van der Waals surface area contributed by atoms with Crippen LogP contribution in [-0.4, -0.2) is 25.0 Å². The average Bonchev–Trinajstić information content (AvgIpc) is 2.72. The van der Waals surface area contributed by atoms with Crippen LogP contribution in [0.4, 0.5) is 0 Å². The van der Waals surface area contributed by atoms with Gasteiger partial charge in [-0.25, -0.2) is 4.79 Å². The van der Waals surface area contributed by atoms with Crippen LogP contribution in [0.25, 0.3) is 11.1 Å². The third-order valence-electron chi connectivity index (χ3n) is 3.92. The Kier molecular flexibility index (Phi) is 6.69. The molecule has 0 bridgehead atoms. The highest BCUT2D eigenvalue weighted by Gasteiger charge is 2.12. The Balaban J connectivity index is 1.50. The molecule has 0 aliphatic rings. The van der Waals surface area contributed by atoms with Crippen LogP contribution in [-0.2, 0) is 9.53 Å². The molecule has 0 aliphatic carbocycles. The van der Waals surface area contributed by atoms with Gasteiger partial charge in [0, 0.05) is 10.6 Å². The average molecular weight is 415 g/mol. The molecule has 142 valence electrons. The summed E-state index contributed by atoms with van der Waals surface area (Å²) in [6, 6.07) is 21.6. The van der Waals surface area contributed by atoms with Crippen LogP contribution in [0.5, 0.6) is 5.75 Å². The maximum atomic E-state index is 12.2. The Labute approximate surface area is 172 Å². The molecule has 0 heterocycles. The van der Waals surface area contributed by atoms with Crippen LogP contribution in [0.3, 0.4) is 0 Å². The summed E-state index contributed by atoms with van der Waals surface area (Å²) in [6.07, 6.45) is 0. The monoisotopic (exact) mass is 414 g/mol. The number of hydrogen-bond donors (Lipinski definition) is 0. The van der Waals surface area contributed by atoms with Gasteiger partial charge in [0.1, 0.15) is 5.75 Å². The summed E-state index contributed by atoms with van der Waals surface area (Å²) < 4.78 is 10.3. The normalized spacial score (nSPS) is 10.4. The molecule has 0 spiro atoms. The predicted octanol–water partition coefficient (Wildman–Crippen LogP) is 5.47. The number of carbonyl (C=O) groups excluding carboxylic acids is 2. The first-order valence-electron chi connectivity index (χ1n) is 8.45. The molecular formula is C22H16Cl2O4. The first kappa shape index (κ1) is 19.9. The van der Waals surface area contributed by atoms with Gasteiger partial charge in [0.15, 0.2) is 19.0 Å². The van der Waals surface area contributed by atoms with Crippen molar-refractivity contribution < 1.29 is 19.1 Å². The lowest BCUT2D eigenvalue weighted by Crippen LogP contribution is -2.19. The molecule has 0 atom stereocenters. The van der Waals surface area contributed by atoms with E-state index in [0.29, 0.717) is 16.3 Å². The minimum atomic E-state index is -0.666. The highest BCUT2D eigenvalue weighted by atomic mass is 35.5. The molecule has 0 amide bonds. The number of esters is 1. The Hall–Kier alpha value is -2.82. The van der Waals surface area contributed by atoms with Gasteiger partial charge in [-0.2, -0.15) is 0 Å². The Morgan fingerprint density at radius 2 is 1.46 bits per heavy atom. The number of ether oxygens (including phenoxy) is 2. The van der Waals surface area contributed by atoms with E-state index < -0.39 is 5.97 Å². The van der Waals surface area contributed by atoms with Crippen LogP contribution in [0, 0.1) is 0 Å². The van der Waals surface area contributed by atoms with Gasteiger partial charge >= 0.3 is 5.97 Å². The number of ketones is 1. The van der Waals surface area contributed by atoms with Gasteiger partial charge in [-0.3, -0.25) is 4.79 Å². The molecule has 0 radical (unpaired) electrons. The highest BCUT2D eigenvalue weighted by molar-refractivity contribution is 6.35. The van der Waals surface area contributed by atoms with Crippen LogP contribution in [0.2, 0.25) is 10.0 Å². The lowest BCUT2D eigenvalue weighted by Gasteiger charge is -2.08. The van der Waals surface area contributed by atoms with Crippen molar-refractivity contribution in [3.63, 3.8) is 0 Å². The summed E-state index contributed by atoms with van der Waals surface area (Å²) in [7, 11) is 0. The van der Waals surface area contributed by atoms with Crippen molar-refractivity contribution in [2.75, 3.05) is 13.2 Å². The van der Waals surface area contributed by atoms with Gasteiger partial charge in [0.2, 0.25) is 0 Å². The van der Waals surface area contributed by atoms with E-state index in [0.717, 1.165) is 11.1 Å². The first-order chi connectivity index (χ1) is 13.5. The SMILES string of the molecule is O=C(COc1ccc(Cl)cc1Cl)OCC(=O)c1ccc(-c2ccccc2)cc1. The van der Waals surface area contributed by atoms with E-state index in [1.807, 2.05) is 42.5 Å². The number of Topliss-reactive ketones (excluding diaryl/α,β-unsaturated/α-hetero) is 1. The first-order valence-corrected chi connectivity index (χ1v) is 9.20. The maximum absolute atomic E-state index is 12.2. The van der Waals surface area contributed by atoms with Crippen molar-refractivity contribution in [1.29, 1.82) is 0 Å². The molecule has 4 nitrogen and oxygen atoms in total. The van der Waals surface area contributed by atoms with Gasteiger partial charge in [0.25, 0.3) is 0 Å². The fourth-order valence-corrected chi connectivity index (χ4v) is 2.94. The van der Waals surface area contributed by atoms with E-state index in [9.17, 15) is 9.59 Å². The van der Waals surface area contributed by atoms with Crippen LogP contribution >= 0.6 is 23.2 Å². The zero-order valence-electron chi connectivity index (χ0n) is 14.7. The zero-order valence-corrected chi connectivity index (χ0v) is 16.2. The predicted molar refractivity (Wildman–Crippen MR) is 109 cm³/mol. The second kappa shape index (κ2) is 9.40. The molecule has 0 aliphatic heterocycles. The molecule has 6 heteroatoms. The number of carbonyl (C=O) groups is 2. The summed E-state index contributed by atoms with van der Waals surface area (Å²) >= 11 is 11.8. The van der Waals surface area contributed by atoms with Crippen molar-refractivity contribution >= 4 is 35.0 Å². The maximum Gasteiger partial charge on any atom is 0.344 e. The zero-order chi connectivity index (χ0) is 19.9. The second-order valence-electron chi connectivity index (χ2n) is 5.89. The van der Waals surface area contributed by atoms with Crippen LogP contribution in [0.1, 0.15) is 10.4 Å². The molecule has 0 unspecified atom stereocenters. The molecule has 0 aromatic heterocycles. The topological polar surface area (TPSA) is 52.6 Å². The highest BCUT2D eigenvalue weighted by Crippen LogP contribution is 2.27. The lowest BCUT2D eigenvalue weighted by atomic mass is 10.0. The molecule has 0 fully saturated rings. The number of benzene rings is 3. The summed E-state index contributed by atoms with van der Waals surface area (Å²) in [5, 5.41) is 0.749. The largest absolute Gasteiger partial charge is 0.480 e. The summed E-state index contributed by atoms with van der Waals surface area (Å²) in [4.78, 5) is 24.0. The second-order valence-corrected chi connectivity index (χ2v) is 6.73.